The van der Waals surface area contributed by atoms with Gasteiger partial charge < -0.3 is 10.0 Å². The Balaban J connectivity index is 1.57. The zero-order valence-electron chi connectivity index (χ0n) is 17.8. The average molecular weight is 455 g/mol. The first-order valence-electron chi connectivity index (χ1n) is 10.2. The van der Waals surface area contributed by atoms with Gasteiger partial charge in [0.25, 0.3) is 0 Å². The molecule has 1 aliphatic heterocycles. The third-order valence-corrected chi connectivity index (χ3v) is 6.51. The van der Waals surface area contributed by atoms with E-state index in [1.54, 1.807) is 24.3 Å². The van der Waals surface area contributed by atoms with Gasteiger partial charge in [0.15, 0.2) is 11.6 Å². The van der Waals surface area contributed by atoms with E-state index in [-0.39, 0.29) is 11.6 Å². The molecular formula is C24H26N2O5S. The molecule has 2 aromatic rings. The minimum atomic E-state index is -3.16. The largest absolute Gasteiger partial charge is 0.388 e. The minimum Gasteiger partial charge on any atom is -0.388 e. The molecule has 32 heavy (non-hydrogen) atoms. The van der Waals surface area contributed by atoms with E-state index in [1.165, 1.54) is 22.7 Å². The van der Waals surface area contributed by atoms with Crippen LogP contribution in [0.2, 0.25) is 0 Å². The van der Waals surface area contributed by atoms with Crippen LogP contribution in [0.4, 0.5) is 5.69 Å². The van der Waals surface area contributed by atoms with E-state index in [2.05, 4.69) is 4.90 Å². The number of piperazine rings is 1. The zero-order chi connectivity index (χ0) is 23.1. The highest BCUT2D eigenvalue weighted by Crippen LogP contribution is 2.19. The molecule has 0 amide bonds. The van der Waals surface area contributed by atoms with Crippen molar-refractivity contribution in [3.8, 4) is 0 Å². The van der Waals surface area contributed by atoms with Crippen LogP contribution < -0.4 is 4.90 Å². The van der Waals surface area contributed by atoms with Crippen molar-refractivity contribution in [3.05, 3.63) is 77.4 Å². The molecule has 0 saturated carbocycles. The van der Waals surface area contributed by atoms with Gasteiger partial charge in [-0.3, -0.25) is 9.59 Å². The highest BCUT2D eigenvalue weighted by atomic mass is 32.2. The Morgan fingerprint density at radius 1 is 0.875 bits per heavy atom. The van der Waals surface area contributed by atoms with Gasteiger partial charge in [-0.1, -0.05) is 36.4 Å². The van der Waals surface area contributed by atoms with Crippen molar-refractivity contribution >= 4 is 39.4 Å². The second-order valence-electron chi connectivity index (χ2n) is 7.52. The van der Waals surface area contributed by atoms with Crippen molar-refractivity contribution in [2.45, 2.75) is 0 Å². The van der Waals surface area contributed by atoms with Crippen molar-refractivity contribution in [3.63, 3.8) is 0 Å². The lowest BCUT2D eigenvalue weighted by atomic mass is 10.1. The molecule has 0 radical (unpaired) electrons. The normalized spacial score (nSPS) is 15.5. The summed E-state index contributed by atoms with van der Waals surface area (Å²) in [4.78, 5) is 25.7. The van der Waals surface area contributed by atoms with E-state index in [1.807, 2.05) is 36.4 Å². The molecule has 0 atom stereocenters. The molecule has 0 aliphatic carbocycles. The van der Waals surface area contributed by atoms with Crippen molar-refractivity contribution in [2.24, 2.45) is 0 Å². The van der Waals surface area contributed by atoms with E-state index < -0.39 is 16.6 Å². The monoisotopic (exact) mass is 454 g/mol. The summed E-state index contributed by atoms with van der Waals surface area (Å²) in [6.45, 7) is 1.61. The first-order valence-corrected chi connectivity index (χ1v) is 12.1. The molecule has 1 fully saturated rings. The highest BCUT2D eigenvalue weighted by molar-refractivity contribution is 7.88. The number of ketones is 2. The summed E-state index contributed by atoms with van der Waals surface area (Å²) in [6, 6.07) is 14.6. The number of benzene rings is 2. The van der Waals surface area contributed by atoms with Crippen LogP contribution in [-0.4, -0.2) is 68.4 Å². The van der Waals surface area contributed by atoms with Crippen molar-refractivity contribution in [2.75, 3.05) is 43.9 Å². The van der Waals surface area contributed by atoms with Crippen LogP contribution in [0, 0.1) is 0 Å². The molecule has 0 spiro atoms. The first-order chi connectivity index (χ1) is 15.3. The number of carbonyl (C=O) groups excluding carboxylic acids is 2. The van der Waals surface area contributed by atoms with Gasteiger partial charge >= 0.3 is 0 Å². The quantitative estimate of drug-likeness (QED) is 0.486. The molecule has 0 bridgehead atoms. The van der Waals surface area contributed by atoms with Gasteiger partial charge in [0, 0.05) is 37.4 Å². The topological polar surface area (TPSA) is 95.0 Å². The molecule has 1 saturated heterocycles. The molecular weight excluding hydrogens is 428 g/mol. The van der Waals surface area contributed by atoms with Crippen molar-refractivity contribution in [1.82, 2.24) is 4.31 Å². The van der Waals surface area contributed by atoms with E-state index in [0.29, 0.717) is 31.7 Å². The number of allylic oxidation sites excluding steroid dienone is 1. The van der Waals surface area contributed by atoms with E-state index in [0.717, 1.165) is 16.8 Å². The maximum absolute atomic E-state index is 12.5. The van der Waals surface area contributed by atoms with E-state index in [9.17, 15) is 18.0 Å². The predicted molar refractivity (Wildman–Crippen MR) is 126 cm³/mol. The van der Waals surface area contributed by atoms with Gasteiger partial charge in [-0.2, -0.15) is 4.31 Å². The molecule has 1 aliphatic rings. The maximum atomic E-state index is 12.5. The lowest BCUT2D eigenvalue weighted by Crippen LogP contribution is -2.48. The molecule has 0 unspecified atom stereocenters. The minimum absolute atomic E-state index is 0.115. The molecule has 0 aromatic heterocycles. The van der Waals surface area contributed by atoms with Crippen LogP contribution >= 0.6 is 0 Å². The summed E-state index contributed by atoms with van der Waals surface area (Å²) in [5, 5.41) is 8.72. The third kappa shape index (κ3) is 6.46. The third-order valence-electron chi connectivity index (χ3n) is 5.21. The molecule has 3 rings (SSSR count). The Kier molecular flexibility index (Phi) is 7.74. The standard InChI is InChI=1S/C24H26N2O5S/c1-32(30,31)26-16-14-25(15-17-26)22-10-8-21(9-11-22)24(29)13-7-20-4-2-19(3-5-20)6-12-23(28)18-27/h2-13,27H,14-18H2,1H3/b12-6+,13-7+. The summed E-state index contributed by atoms with van der Waals surface area (Å²) in [5.74, 6) is -0.474. The van der Waals surface area contributed by atoms with Crippen LogP contribution in [0.3, 0.4) is 0 Å². The van der Waals surface area contributed by atoms with Gasteiger partial charge in [-0.05, 0) is 47.5 Å². The van der Waals surface area contributed by atoms with Gasteiger partial charge in [0.05, 0.1) is 6.26 Å². The number of hydrogen-bond donors (Lipinski definition) is 1. The molecule has 8 heteroatoms. The predicted octanol–water partition coefficient (Wildman–Crippen LogP) is 2.24. The van der Waals surface area contributed by atoms with E-state index >= 15 is 0 Å². The van der Waals surface area contributed by atoms with Crippen LogP contribution in [0.1, 0.15) is 21.5 Å². The summed E-state index contributed by atoms with van der Waals surface area (Å²) >= 11 is 0. The molecule has 1 heterocycles. The van der Waals surface area contributed by atoms with Gasteiger partial charge in [-0.15, -0.1) is 0 Å². The Morgan fingerprint density at radius 2 is 1.41 bits per heavy atom. The number of aliphatic hydroxyl groups is 1. The Morgan fingerprint density at radius 3 is 1.91 bits per heavy atom. The van der Waals surface area contributed by atoms with E-state index in [4.69, 9.17) is 5.11 Å². The molecule has 168 valence electrons. The summed E-state index contributed by atoms with van der Waals surface area (Å²) in [6.07, 6.45) is 7.42. The van der Waals surface area contributed by atoms with Crippen molar-refractivity contribution < 1.29 is 23.1 Å². The summed E-state index contributed by atoms with van der Waals surface area (Å²) in [7, 11) is -3.16. The summed E-state index contributed by atoms with van der Waals surface area (Å²) in [5.41, 5.74) is 3.21. The number of aliphatic hydroxyl groups excluding tert-OH is 1. The molecule has 7 nitrogen and oxygen atoms in total. The number of anilines is 1. The lowest BCUT2D eigenvalue weighted by Gasteiger charge is -2.34. The van der Waals surface area contributed by atoms with Gasteiger partial charge in [-0.25, -0.2) is 8.42 Å². The second kappa shape index (κ2) is 10.5. The highest BCUT2D eigenvalue weighted by Gasteiger charge is 2.23. The van der Waals surface area contributed by atoms with Crippen LogP contribution in [-0.2, 0) is 14.8 Å². The molecule has 2 aromatic carbocycles. The number of carbonyl (C=O) groups is 2. The SMILES string of the molecule is CS(=O)(=O)N1CCN(c2ccc(C(=O)/C=C/c3ccc(/C=C/C(=O)CO)cc3)cc2)CC1. The number of hydrogen-bond acceptors (Lipinski definition) is 6. The Hall–Kier alpha value is -3.07. The van der Waals surface area contributed by atoms with Gasteiger partial charge in [0.2, 0.25) is 10.0 Å². The Labute approximate surface area is 188 Å². The fraction of sp³-hybridized carbons (Fsp3) is 0.250. The van der Waals surface area contributed by atoms with Gasteiger partial charge in [0.1, 0.15) is 6.61 Å². The van der Waals surface area contributed by atoms with Crippen LogP contribution in [0.15, 0.2) is 60.7 Å². The van der Waals surface area contributed by atoms with Crippen LogP contribution in [0.5, 0.6) is 0 Å². The second-order valence-corrected chi connectivity index (χ2v) is 9.50. The number of rotatable bonds is 8. The summed E-state index contributed by atoms with van der Waals surface area (Å²) < 4.78 is 24.7. The number of sulfonamides is 1. The fourth-order valence-corrected chi connectivity index (χ4v) is 4.17. The average Bonchev–Trinajstić information content (AvgIpc) is 2.81. The lowest BCUT2D eigenvalue weighted by molar-refractivity contribution is -0.117. The Bertz CT molecular complexity index is 1110. The van der Waals surface area contributed by atoms with Crippen LogP contribution in [0.25, 0.3) is 12.2 Å². The van der Waals surface area contributed by atoms with Crippen molar-refractivity contribution in [1.29, 1.82) is 0 Å². The molecule has 1 N–H and O–H groups in total. The first kappa shape index (κ1) is 23.6. The smallest absolute Gasteiger partial charge is 0.211 e. The number of nitrogens with zero attached hydrogens (tertiary/aromatic N) is 2. The zero-order valence-corrected chi connectivity index (χ0v) is 18.7. The fourth-order valence-electron chi connectivity index (χ4n) is 3.34. The maximum Gasteiger partial charge on any atom is 0.211 e.